The molecule has 202 valence electrons. The minimum Gasteiger partial charge on any atom is -0.496 e. The molecule has 0 bridgehead atoms. The van der Waals surface area contributed by atoms with Gasteiger partial charge in [-0.25, -0.2) is 0 Å². The zero-order valence-corrected chi connectivity index (χ0v) is 20.3. The molecule has 0 atom stereocenters. The maximum absolute atomic E-state index is 13.2. The summed E-state index contributed by atoms with van der Waals surface area (Å²) in [6, 6.07) is 6.77. The molecule has 4 N–H and O–H groups in total. The van der Waals surface area contributed by atoms with Crippen molar-refractivity contribution in [2.24, 2.45) is 0 Å². The number of pyridine rings is 1. The highest BCUT2D eigenvalue weighted by Gasteiger charge is 2.71. The van der Waals surface area contributed by atoms with Gasteiger partial charge in [0.2, 0.25) is 0 Å². The van der Waals surface area contributed by atoms with Crippen molar-refractivity contribution < 1.29 is 40.7 Å². The van der Waals surface area contributed by atoms with Gasteiger partial charge in [-0.3, -0.25) is 4.98 Å². The number of rotatable bonds is 6. The van der Waals surface area contributed by atoms with Crippen LogP contribution in [0.2, 0.25) is 0 Å². The van der Waals surface area contributed by atoms with Gasteiger partial charge in [-0.15, -0.1) is 0 Å². The molecule has 2 heterocycles. The van der Waals surface area contributed by atoms with Gasteiger partial charge in [-0.2, -0.15) is 26.3 Å². The molecule has 4 aromatic rings. The van der Waals surface area contributed by atoms with Gasteiger partial charge < -0.3 is 25.4 Å². The summed E-state index contributed by atoms with van der Waals surface area (Å²) in [5.74, 6) is 1.06. The molecular formula is C25H22F6N4O3. The fourth-order valence-electron chi connectivity index (χ4n) is 4.21. The number of benzene rings is 2. The van der Waals surface area contributed by atoms with Gasteiger partial charge in [0.25, 0.3) is 5.60 Å². The standard InChI is InChI=1S/C25H22F6N4O3/c1-12-21(13(2)38-35-12)17-8-19-16(9-20(17)37-3)22(18(32)11-33-19)34-10-14-4-6-15(7-5-14)23(36,24(26,27)28)25(29,30)31/h4-9,11,36H,10,32H2,1-3H3,(H,33,34). The SMILES string of the molecule is COc1cc2c(NCc3ccc(C(O)(C(F)(F)F)C(F)(F)F)cc3)c(N)cnc2cc1-c1c(C)noc1C. The van der Waals surface area contributed by atoms with E-state index in [0.29, 0.717) is 57.1 Å². The number of nitrogen functional groups attached to an aromatic ring is 1. The lowest BCUT2D eigenvalue weighted by Crippen LogP contribution is -2.53. The third kappa shape index (κ3) is 4.46. The molecule has 38 heavy (non-hydrogen) atoms. The fraction of sp³-hybridized carbons (Fsp3) is 0.280. The lowest BCUT2D eigenvalue weighted by molar-refractivity contribution is -0.376. The molecule has 0 saturated carbocycles. The second-order valence-electron chi connectivity index (χ2n) is 8.61. The van der Waals surface area contributed by atoms with Crippen molar-refractivity contribution in [3.63, 3.8) is 0 Å². The summed E-state index contributed by atoms with van der Waals surface area (Å²) in [6.07, 6.45) is -10.5. The van der Waals surface area contributed by atoms with Crippen LogP contribution in [0.5, 0.6) is 5.75 Å². The minimum atomic E-state index is -5.96. The summed E-state index contributed by atoms with van der Waals surface area (Å²) in [5, 5.41) is 17.2. The number of nitrogens with zero attached hydrogens (tertiary/aromatic N) is 2. The van der Waals surface area contributed by atoms with Crippen molar-refractivity contribution in [1.82, 2.24) is 10.1 Å². The number of aryl methyl sites for hydroxylation is 2. The van der Waals surface area contributed by atoms with Gasteiger partial charge in [0.15, 0.2) is 0 Å². The number of halogens is 6. The molecule has 0 aliphatic heterocycles. The summed E-state index contributed by atoms with van der Waals surface area (Å²) in [5.41, 5.74) is 3.44. The Bertz CT molecular complexity index is 1450. The molecule has 0 saturated heterocycles. The van der Waals surface area contributed by atoms with E-state index in [1.54, 1.807) is 26.0 Å². The highest BCUT2D eigenvalue weighted by atomic mass is 19.4. The van der Waals surface area contributed by atoms with Gasteiger partial charge in [-0.1, -0.05) is 29.4 Å². The van der Waals surface area contributed by atoms with Crippen LogP contribution in [0.4, 0.5) is 37.7 Å². The molecule has 4 rings (SSSR count). The van der Waals surface area contributed by atoms with Crippen LogP contribution in [0.3, 0.4) is 0 Å². The molecule has 2 aromatic heterocycles. The Hall–Kier alpha value is -4.00. The Kier molecular flexibility index (Phi) is 6.68. The Morgan fingerprint density at radius 2 is 1.66 bits per heavy atom. The van der Waals surface area contributed by atoms with Crippen molar-refractivity contribution in [2.45, 2.75) is 38.3 Å². The molecule has 0 aliphatic carbocycles. The molecule has 7 nitrogen and oxygen atoms in total. The molecule has 0 radical (unpaired) electrons. The Balaban J connectivity index is 1.67. The first-order chi connectivity index (χ1) is 17.7. The molecule has 2 aromatic carbocycles. The number of hydrogen-bond donors (Lipinski definition) is 3. The average Bonchev–Trinajstić information content (AvgIpc) is 3.18. The third-order valence-corrected chi connectivity index (χ3v) is 6.18. The van der Waals surface area contributed by atoms with E-state index < -0.39 is 23.5 Å². The fourth-order valence-corrected chi connectivity index (χ4v) is 4.21. The van der Waals surface area contributed by atoms with Crippen LogP contribution in [0.15, 0.2) is 47.1 Å². The van der Waals surface area contributed by atoms with Crippen LogP contribution in [0, 0.1) is 13.8 Å². The van der Waals surface area contributed by atoms with Crippen molar-refractivity contribution in [1.29, 1.82) is 0 Å². The van der Waals surface area contributed by atoms with E-state index in [0.717, 1.165) is 17.7 Å². The summed E-state index contributed by atoms with van der Waals surface area (Å²) in [6.45, 7) is 3.54. The number of hydrogen-bond acceptors (Lipinski definition) is 7. The van der Waals surface area contributed by atoms with E-state index in [1.165, 1.54) is 13.3 Å². The topological polar surface area (TPSA) is 106 Å². The van der Waals surface area contributed by atoms with Crippen LogP contribution in [0.25, 0.3) is 22.0 Å². The van der Waals surface area contributed by atoms with Gasteiger partial charge in [0, 0.05) is 23.1 Å². The number of aliphatic hydroxyl groups is 1. The molecule has 0 aliphatic rings. The second kappa shape index (κ2) is 9.39. The zero-order valence-electron chi connectivity index (χ0n) is 20.3. The van der Waals surface area contributed by atoms with Crippen LogP contribution < -0.4 is 15.8 Å². The van der Waals surface area contributed by atoms with Crippen LogP contribution in [0.1, 0.15) is 22.6 Å². The largest absolute Gasteiger partial charge is 0.496 e. The minimum absolute atomic E-state index is 0.00596. The molecule has 0 amide bonds. The molecule has 0 unspecified atom stereocenters. The number of fused-ring (bicyclic) bond motifs is 1. The molecule has 13 heteroatoms. The zero-order chi connectivity index (χ0) is 28.0. The Labute approximate surface area is 212 Å². The highest BCUT2D eigenvalue weighted by Crippen LogP contribution is 2.50. The number of alkyl halides is 6. The average molecular weight is 540 g/mol. The maximum Gasteiger partial charge on any atom is 0.430 e. The van der Waals surface area contributed by atoms with Crippen molar-refractivity contribution in [3.05, 3.63) is 65.2 Å². The highest BCUT2D eigenvalue weighted by molar-refractivity contribution is 6.00. The number of ether oxygens (including phenoxy) is 1. The van der Waals surface area contributed by atoms with E-state index in [2.05, 4.69) is 15.5 Å². The van der Waals surface area contributed by atoms with E-state index in [-0.39, 0.29) is 12.2 Å². The Morgan fingerprint density at radius 1 is 1.03 bits per heavy atom. The number of nitrogens with two attached hydrogens (primary N) is 1. The van der Waals surface area contributed by atoms with E-state index in [1.807, 2.05) is 0 Å². The summed E-state index contributed by atoms with van der Waals surface area (Å²) < 4.78 is 89.7. The third-order valence-electron chi connectivity index (χ3n) is 6.18. The lowest BCUT2D eigenvalue weighted by atomic mass is 9.91. The van der Waals surface area contributed by atoms with Crippen LogP contribution in [-0.4, -0.2) is 34.7 Å². The van der Waals surface area contributed by atoms with Crippen molar-refractivity contribution in [2.75, 3.05) is 18.2 Å². The van der Waals surface area contributed by atoms with Crippen molar-refractivity contribution in [3.8, 4) is 16.9 Å². The molecular weight excluding hydrogens is 518 g/mol. The predicted octanol–water partition coefficient (Wildman–Crippen LogP) is 6.02. The van der Waals surface area contributed by atoms with E-state index in [9.17, 15) is 31.4 Å². The molecule has 0 fully saturated rings. The normalized spacial score (nSPS) is 12.7. The summed E-state index contributed by atoms with van der Waals surface area (Å²) in [7, 11) is 1.49. The first-order valence-electron chi connectivity index (χ1n) is 11.1. The smallest absolute Gasteiger partial charge is 0.430 e. The summed E-state index contributed by atoms with van der Waals surface area (Å²) >= 11 is 0. The number of aromatic nitrogens is 2. The molecule has 0 spiro atoms. The predicted molar refractivity (Wildman–Crippen MR) is 127 cm³/mol. The quantitative estimate of drug-likeness (QED) is 0.257. The van der Waals surface area contributed by atoms with Gasteiger partial charge in [0.1, 0.15) is 11.5 Å². The van der Waals surface area contributed by atoms with E-state index in [4.69, 9.17) is 15.0 Å². The van der Waals surface area contributed by atoms with Crippen LogP contribution >= 0.6 is 0 Å². The lowest BCUT2D eigenvalue weighted by Gasteiger charge is -2.32. The second-order valence-corrected chi connectivity index (χ2v) is 8.61. The first kappa shape index (κ1) is 27.0. The monoisotopic (exact) mass is 540 g/mol. The number of anilines is 2. The van der Waals surface area contributed by atoms with Gasteiger partial charge in [0.05, 0.1) is 41.5 Å². The van der Waals surface area contributed by atoms with Crippen molar-refractivity contribution >= 4 is 22.3 Å². The van der Waals surface area contributed by atoms with Gasteiger partial charge >= 0.3 is 12.4 Å². The number of methoxy groups -OCH3 is 1. The summed E-state index contributed by atoms with van der Waals surface area (Å²) in [4.78, 5) is 4.37. The number of nitrogens with one attached hydrogen (secondary N) is 1. The van der Waals surface area contributed by atoms with E-state index >= 15 is 0 Å². The maximum atomic E-state index is 13.2. The van der Waals surface area contributed by atoms with Gasteiger partial charge in [-0.05, 0) is 31.5 Å². The first-order valence-corrected chi connectivity index (χ1v) is 11.1. The van der Waals surface area contributed by atoms with Crippen LogP contribution in [-0.2, 0) is 12.1 Å². The Morgan fingerprint density at radius 3 is 2.18 bits per heavy atom.